The molecule has 0 aromatic carbocycles. The zero-order chi connectivity index (χ0) is 34.6. The average Bonchev–Trinajstić information content (AvgIpc) is 2.96. The van der Waals surface area contributed by atoms with Crippen molar-refractivity contribution >= 4 is 11.9 Å². The van der Waals surface area contributed by atoms with E-state index in [4.69, 9.17) is 14.4 Å². The maximum absolute atomic E-state index is 14.2. The second kappa shape index (κ2) is 18.5. The van der Waals surface area contributed by atoms with E-state index in [1.807, 2.05) is 10.1 Å². The Morgan fingerprint density at radius 2 is 1.11 bits per heavy atom. The van der Waals surface area contributed by atoms with Crippen LogP contribution in [-0.2, 0) is 24.0 Å². The van der Waals surface area contributed by atoms with Gasteiger partial charge in [-0.3, -0.25) is 19.3 Å². The number of carboxylic acid groups (broad SMARTS) is 1. The first-order chi connectivity index (χ1) is 21.5. The number of carbonyl (C=O) groups is 2. The lowest BCUT2D eigenvalue weighted by molar-refractivity contribution is -0.330. The molecule has 2 aliphatic rings. The molecule has 3 atom stereocenters. The lowest BCUT2D eigenvalue weighted by Crippen LogP contribution is -2.65. The van der Waals surface area contributed by atoms with Gasteiger partial charge < -0.3 is 9.84 Å². The number of hydrogen-bond acceptors (Lipinski definition) is 7. The third-order valence-electron chi connectivity index (χ3n) is 11.9. The van der Waals surface area contributed by atoms with Crippen molar-refractivity contribution in [2.24, 2.45) is 16.7 Å². The Balaban J connectivity index is 2.24. The first-order valence-corrected chi connectivity index (χ1v) is 18.8. The highest BCUT2D eigenvalue weighted by Crippen LogP contribution is 2.49. The minimum atomic E-state index is -0.998. The normalized spacial score (nSPS) is 24.8. The number of esters is 1. The molecule has 1 N–H and O–H groups in total. The fraction of sp³-hybridized carbons (Fsp3) is 0.947. The van der Waals surface area contributed by atoms with Crippen LogP contribution in [0.1, 0.15) is 178 Å². The Bertz CT molecular complexity index is 917. The molecule has 0 saturated carbocycles. The summed E-state index contributed by atoms with van der Waals surface area (Å²) in [6.45, 7) is 23.2. The molecular formula is C38H72N2O6. The van der Waals surface area contributed by atoms with Gasteiger partial charge in [-0.05, 0) is 70.6 Å². The second-order valence-corrected chi connectivity index (χ2v) is 16.5. The number of carboxylic acids is 1. The highest BCUT2D eigenvalue weighted by atomic mass is 16.7. The zero-order valence-corrected chi connectivity index (χ0v) is 31.5. The van der Waals surface area contributed by atoms with Gasteiger partial charge in [-0.15, -0.1) is 5.06 Å². The van der Waals surface area contributed by atoms with E-state index in [-0.39, 0.29) is 22.8 Å². The fourth-order valence-electron chi connectivity index (χ4n) is 7.06. The van der Waals surface area contributed by atoms with Crippen LogP contribution in [0.25, 0.3) is 0 Å². The molecule has 8 nitrogen and oxygen atoms in total. The smallest absolute Gasteiger partial charge is 0.312 e. The molecule has 0 aromatic heterocycles. The Morgan fingerprint density at radius 1 is 0.674 bits per heavy atom. The summed E-state index contributed by atoms with van der Waals surface area (Å²) in [6, 6.07) is -0.391. The van der Waals surface area contributed by atoms with Crippen LogP contribution in [0.4, 0.5) is 0 Å². The van der Waals surface area contributed by atoms with E-state index >= 15 is 0 Å². The standard InChI is InChI=1S/C38H72N2O6/c1-11-13-15-17-19-21-27-44-39-31(23-25-35(3,4)37(39,7)8)30(29-33(41)42)34(43)46-32-24-26-36(5,6)38(9,10)40(32)45-28-22-20-18-16-14-12-2/h30-32H,11-29H2,1-10H3,(H,41,42). The molecule has 2 aliphatic heterocycles. The summed E-state index contributed by atoms with van der Waals surface area (Å²) in [5, 5.41) is 13.9. The van der Waals surface area contributed by atoms with Crippen LogP contribution >= 0.6 is 0 Å². The quantitative estimate of drug-likeness (QED) is 0.0969. The lowest BCUT2D eigenvalue weighted by atomic mass is 9.65. The van der Waals surface area contributed by atoms with Gasteiger partial charge in [-0.25, -0.2) is 0 Å². The van der Waals surface area contributed by atoms with Crippen LogP contribution in [0.15, 0.2) is 0 Å². The lowest BCUT2D eigenvalue weighted by Gasteiger charge is -2.57. The van der Waals surface area contributed by atoms with Crippen molar-refractivity contribution in [3.63, 3.8) is 0 Å². The molecule has 270 valence electrons. The monoisotopic (exact) mass is 653 g/mol. The Hall–Kier alpha value is -1.22. The van der Waals surface area contributed by atoms with E-state index in [0.29, 0.717) is 26.1 Å². The number of ether oxygens (including phenoxy) is 1. The van der Waals surface area contributed by atoms with Crippen LogP contribution in [0, 0.1) is 16.7 Å². The predicted octanol–water partition coefficient (Wildman–Crippen LogP) is 9.70. The Labute approximate surface area is 282 Å². The van der Waals surface area contributed by atoms with Crippen molar-refractivity contribution in [2.75, 3.05) is 13.2 Å². The van der Waals surface area contributed by atoms with Gasteiger partial charge in [-0.1, -0.05) is 106 Å². The van der Waals surface area contributed by atoms with Gasteiger partial charge in [0.15, 0.2) is 6.23 Å². The number of aliphatic carboxylic acids is 1. The number of nitrogens with zero attached hydrogens (tertiary/aromatic N) is 2. The van der Waals surface area contributed by atoms with E-state index in [0.717, 1.165) is 38.5 Å². The van der Waals surface area contributed by atoms with Gasteiger partial charge in [0.05, 0.1) is 25.6 Å². The molecule has 0 radical (unpaired) electrons. The van der Waals surface area contributed by atoms with Gasteiger partial charge >= 0.3 is 11.9 Å². The Morgan fingerprint density at radius 3 is 1.61 bits per heavy atom. The van der Waals surface area contributed by atoms with E-state index in [2.05, 4.69) is 69.2 Å². The van der Waals surface area contributed by atoms with Crippen LogP contribution in [-0.4, -0.2) is 63.7 Å². The molecule has 0 bridgehead atoms. The molecule has 0 amide bonds. The molecular weight excluding hydrogens is 580 g/mol. The van der Waals surface area contributed by atoms with Gasteiger partial charge in [0.1, 0.15) is 0 Å². The second-order valence-electron chi connectivity index (χ2n) is 16.5. The Kier molecular flexibility index (Phi) is 16.5. The van der Waals surface area contributed by atoms with E-state index in [9.17, 15) is 14.7 Å². The topological polar surface area (TPSA) is 88.5 Å². The maximum atomic E-state index is 14.2. The first-order valence-electron chi connectivity index (χ1n) is 18.8. The van der Waals surface area contributed by atoms with E-state index in [1.165, 1.54) is 51.4 Å². The molecule has 2 heterocycles. The molecule has 3 unspecified atom stereocenters. The molecule has 8 heteroatoms. The summed E-state index contributed by atoms with van der Waals surface area (Å²) in [5.74, 6) is -2.32. The summed E-state index contributed by atoms with van der Waals surface area (Å²) in [7, 11) is 0. The SMILES string of the molecule is CCCCCCCCON1C(OC(=O)C(CC(=O)O)C2CCC(C)(C)C(C)(C)N2OCCCCCCCC)CCC(C)(C)C1(C)C. The summed E-state index contributed by atoms with van der Waals surface area (Å²) in [6.07, 6.45) is 16.1. The van der Waals surface area contributed by atoms with Crippen molar-refractivity contribution in [3.8, 4) is 0 Å². The zero-order valence-electron chi connectivity index (χ0n) is 31.5. The third-order valence-corrected chi connectivity index (χ3v) is 11.9. The molecule has 0 spiro atoms. The maximum Gasteiger partial charge on any atom is 0.312 e. The molecule has 0 aliphatic carbocycles. The minimum absolute atomic E-state index is 0.0579. The number of piperidine rings is 2. The number of hydroxylamine groups is 4. The summed E-state index contributed by atoms with van der Waals surface area (Å²) >= 11 is 0. The fourth-order valence-corrected chi connectivity index (χ4v) is 7.06. The molecule has 46 heavy (non-hydrogen) atoms. The van der Waals surface area contributed by atoms with Crippen molar-refractivity contribution in [1.29, 1.82) is 0 Å². The third kappa shape index (κ3) is 10.9. The van der Waals surface area contributed by atoms with Crippen LogP contribution in [0.3, 0.4) is 0 Å². The van der Waals surface area contributed by atoms with Crippen molar-refractivity contribution in [1.82, 2.24) is 10.1 Å². The van der Waals surface area contributed by atoms with Gasteiger partial charge in [0.25, 0.3) is 0 Å². The van der Waals surface area contributed by atoms with Crippen LogP contribution < -0.4 is 0 Å². The van der Waals surface area contributed by atoms with Gasteiger partial charge in [-0.2, -0.15) is 5.06 Å². The van der Waals surface area contributed by atoms with Crippen LogP contribution in [0.2, 0.25) is 0 Å². The summed E-state index contributed by atoms with van der Waals surface area (Å²) in [5.41, 5.74) is -0.928. The minimum Gasteiger partial charge on any atom is -0.481 e. The van der Waals surface area contributed by atoms with E-state index in [1.54, 1.807) is 0 Å². The average molecular weight is 653 g/mol. The largest absolute Gasteiger partial charge is 0.481 e. The van der Waals surface area contributed by atoms with Crippen molar-refractivity contribution < 1.29 is 29.1 Å². The number of hydrogen-bond donors (Lipinski definition) is 1. The van der Waals surface area contributed by atoms with Gasteiger partial charge in [0, 0.05) is 23.5 Å². The summed E-state index contributed by atoms with van der Waals surface area (Å²) < 4.78 is 6.32. The van der Waals surface area contributed by atoms with Crippen molar-refractivity contribution in [3.05, 3.63) is 0 Å². The molecule has 2 fully saturated rings. The molecule has 2 rings (SSSR count). The highest BCUT2D eigenvalue weighted by Gasteiger charge is 2.54. The predicted molar refractivity (Wildman–Crippen MR) is 186 cm³/mol. The van der Waals surface area contributed by atoms with Gasteiger partial charge in [0.2, 0.25) is 0 Å². The number of carbonyl (C=O) groups excluding carboxylic acids is 1. The molecule has 0 aromatic rings. The number of unbranched alkanes of at least 4 members (excludes halogenated alkanes) is 10. The molecule has 2 saturated heterocycles. The summed E-state index contributed by atoms with van der Waals surface area (Å²) in [4.78, 5) is 39.4. The van der Waals surface area contributed by atoms with E-state index < -0.39 is 35.7 Å². The first kappa shape index (κ1) is 41.0. The van der Waals surface area contributed by atoms with Crippen LogP contribution in [0.5, 0.6) is 0 Å². The highest BCUT2D eigenvalue weighted by molar-refractivity contribution is 5.80. The van der Waals surface area contributed by atoms with Crippen molar-refractivity contribution in [2.45, 2.75) is 202 Å². The number of rotatable bonds is 21.